The van der Waals surface area contributed by atoms with Crippen molar-refractivity contribution in [3.8, 4) is 0 Å². The van der Waals surface area contributed by atoms with E-state index < -0.39 is 16.6 Å². The van der Waals surface area contributed by atoms with Gasteiger partial charge in [0.15, 0.2) is 8.32 Å². The molecule has 1 amide bonds. The Hall–Kier alpha value is -0.336. The zero-order valence-corrected chi connectivity index (χ0v) is 18.7. The van der Waals surface area contributed by atoms with Crippen LogP contribution in [0.5, 0.6) is 0 Å². The van der Waals surface area contributed by atoms with Gasteiger partial charge in [0, 0.05) is 19.7 Å². The summed E-state index contributed by atoms with van der Waals surface area (Å²) in [5.74, 6) is 0. The molecule has 0 aromatic heterocycles. The number of rotatable bonds is 11. The van der Waals surface area contributed by atoms with Crippen molar-refractivity contribution in [3.63, 3.8) is 0 Å². The molecule has 0 aromatic rings. The Labute approximate surface area is 146 Å². The minimum atomic E-state index is -1.85. The first-order valence-corrected chi connectivity index (χ1v) is 14.9. The molecule has 0 aliphatic heterocycles. The third-order valence-electron chi connectivity index (χ3n) is 4.92. The number of carbonyl (C=O) groups is 1. The normalized spacial score (nSPS) is 13.7. The quantitative estimate of drug-likeness (QED) is 0.458. The van der Waals surface area contributed by atoms with Gasteiger partial charge in [0.25, 0.3) is 8.32 Å². The Morgan fingerprint density at radius 3 is 2.04 bits per heavy atom. The lowest BCUT2D eigenvalue weighted by atomic mass is 10.3. The molecule has 0 aliphatic carbocycles. The van der Waals surface area contributed by atoms with Gasteiger partial charge in [0.05, 0.1) is 0 Å². The lowest BCUT2D eigenvalue weighted by molar-refractivity contribution is 0.158. The van der Waals surface area contributed by atoms with Crippen LogP contribution in [-0.2, 0) is 8.85 Å². The van der Waals surface area contributed by atoms with Crippen LogP contribution in [0.4, 0.5) is 4.79 Å². The van der Waals surface area contributed by atoms with Gasteiger partial charge in [-0.15, -0.1) is 0 Å². The van der Waals surface area contributed by atoms with E-state index in [1.807, 2.05) is 7.05 Å². The first-order valence-electron chi connectivity index (χ1n) is 9.27. The van der Waals surface area contributed by atoms with Gasteiger partial charge < -0.3 is 13.8 Å². The van der Waals surface area contributed by atoms with Crippen molar-refractivity contribution in [2.24, 2.45) is 0 Å². The van der Waals surface area contributed by atoms with Crippen molar-refractivity contribution >= 4 is 22.7 Å². The minimum Gasteiger partial charge on any atom is -0.503 e. The lowest BCUT2D eigenvalue weighted by Crippen LogP contribution is -2.43. The Morgan fingerprint density at radius 2 is 1.61 bits per heavy atom. The topological polar surface area (TPSA) is 38.8 Å². The van der Waals surface area contributed by atoms with Gasteiger partial charge in [-0.25, -0.2) is 4.79 Å². The van der Waals surface area contributed by atoms with Crippen LogP contribution in [0.1, 0.15) is 47.5 Å². The molecular formula is C17H39NO3Si2. The van der Waals surface area contributed by atoms with Crippen LogP contribution >= 0.6 is 0 Å². The monoisotopic (exact) mass is 361 g/mol. The molecule has 0 heterocycles. The second kappa shape index (κ2) is 10.5. The SMILES string of the molecule is CCC(C)O[Si](C)(C)CCCN(C)C(=O)O[Si](CC)(CC)CC. The Morgan fingerprint density at radius 1 is 1.09 bits per heavy atom. The summed E-state index contributed by atoms with van der Waals surface area (Å²) >= 11 is 0. The summed E-state index contributed by atoms with van der Waals surface area (Å²) < 4.78 is 12.1. The number of nitrogens with zero attached hydrogens (tertiary/aromatic N) is 1. The zero-order chi connectivity index (χ0) is 18.1. The molecule has 1 unspecified atom stereocenters. The van der Waals surface area contributed by atoms with E-state index in [1.54, 1.807) is 4.90 Å². The first-order chi connectivity index (χ1) is 10.6. The standard InChI is InChI=1S/C17H39NO3Si2/c1-9-16(5)20-22(7,8)15-13-14-18(6)17(19)21-23(10-2,11-3)12-4/h16H,9-15H2,1-8H3. The van der Waals surface area contributed by atoms with Gasteiger partial charge in [-0.05, 0) is 57.0 Å². The summed E-state index contributed by atoms with van der Waals surface area (Å²) in [7, 11) is -1.63. The highest BCUT2D eigenvalue weighted by Gasteiger charge is 2.34. The van der Waals surface area contributed by atoms with Crippen LogP contribution in [0.3, 0.4) is 0 Å². The maximum absolute atomic E-state index is 12.3. The molecule has 0 fully saturated rings. The average molecular weight is 362 g/mol. The molecule has 23 heavy (non-hydrogen) atoms. The third kappa shape index (κ3) is 8.35. The van der Waals surface area contributed by atoms with E-state index in [0.29, 0.717) is 6.10 Å². The summed E-state index contributed by atoms with van der Waals surface area (Å²) in [5, 5.41) is 0. The Bertz CT molecular complexity index is 338. The van der Waals surface area contributed by atoms with Gasteiger partial charge in [-0.3, -0.25) is 0 Å². The summed E-state index contributed by atoms with van der Waals surface area (Å²) in [6, 6.07) is 4.08. The largest absolute Gasteiger partial charge is 0.503 e. The summed E-state index contributed by atoms with van der Waals surface area (Å²) in [4.78, 5) is 14.1. The molecule has 0 saturated carbocycles. The first kappa shape index (κ1) is 22.7. The molecule has 0 saturated heterocycles. The smallest absolute Gasteiger partial charge is 0.395 e. The van der Waals surface area contributed by atoms with E-state index in [1.165, 1.54) is 0 Å². The van der Waals surface area contributed by atoms with E-state index in [0.717, 1.165) is 43.6 Å². The van der Waals surface area contributed by atoms with Crippen molar-refractivity contribution in [2.45, 2.75) is 90.8 Å². The fourth-order valence-corrected chi connectivity index (χ4v) is 7.59. The summed E-state index contributed by atoms with van der Waals surface area (Å²) in [5.41, 5.74) is 0. The van der Waals surface area contributed by atoms with Crippen LogP contribution in [0.25, 0.3) is 0 Å². The molecule has 0 N–H and O–H groups in total. The molecule has 1 atom stereocenters. The third-order valence-corrected chi connectivity index (χ3v) is 12.0. The van der Waals surface area contributed by atoms with Gasteiger partial charge in [0.2, 0.25) is 0 Å². The summed E-state index contributed by atoms with van der Waals surface area (Å²) in [6.07, 6.45) is 2.25. The molecule has 4 nitrogen and oxygen atoms in total. The van der Waals surface area contributed by atoms with E-state index in [9.17, 15) is 4.79 Å². The number of hydrogen-bond acceptors (Lipinski definition) is 3. The molecule has 0 aliphatic rings. The van der Waals surface area contributed by atoms with Crippen LogP contribution in [0, 0.1) is 0 Å². The number of amides is 1. The highest BCUT2D eigenvalue weighted by molar-refractivity contribution is 6.74. The van der Waals surface area contributed by atoms with E-state index in [4.69, 9.17) is 8.85 Å². The van der Waals surface area contributed by atoms with Gasteiger partial charge in [-0.1, -0.05) is 27.7 Å². The van der Waals surface area contributed by atoms with Crippen LogP contribution in [0.15, 0.2) is 0 Å². The average Bonchev–Trinajstić information content (AvgIpc) is 2.51. The molecule has 0 rings (SSSR count). The maximum atomic E-state index is 12.3. The van der Waals surface area contributed by atoms with Crippen molar-refractivity contribution in [2.75, 3.05) is 13.6 Å². The molecule has 6 heteroatoms. The van der Waals surface area contributed by atoms with E-state index in [-0.39, 0.29) is 6.09 Å². The predicted octanol–water partition coefficient (Wildman–Crippen LogP) is 5.47. The van der Waals surface area contributed by atoms with Crippen LogP contribution in [0.2, 0.25) is 37.3 Å². The van der Waals surface area contributed by atoms with E-state index in [2.05, 4.69) is 47.7 Å². The van der Waals surface area contributed by atoms with Crippen molar-refractivity contribution in [1.82, 2.24) is 4.90 Å². The fraction of sp³-hybridized carbons (Fsp3) is 0.941. The highest BCUT2D eigenvalue weighted by Crippen LogP contribution is 2.23. The van der Waals surface area contributed by atoms with Crippen molar-refractivity contribution < 1.29 is 13.6 Å². The van der Waals surface area contributed by atoms with Crippen molar-refractivity contribution in [3.05, 3.63) is 0 Å². The Balaban J connectivity index is 4.33. The summed E-state index contributed by atoms with van der Waals surface area (Å²) in [6.45, 7) is 16.0. The minimum absolute atomic E-state index is 0.135. The molecular weight excluding hydrogens is 322 g/mol. The lowest BCUT2D eigenvalue weighted by Gasteiger charge is -2.31. The van der Waals surface area contributed by atoms with Crippen LogP contribution < -0.4 is 0 Å². The molecule has 0 aromatic carbocycles. The van der Waals surface area contributed by atoms with Crippen molar-refractivity contribution in [1.29, 1.82) is 0 Å². The highest BCUT2D eigenvalue weighted by atomic mass is 28.4. The fourth-order valence-electron chi connectivity index (χ4n) is 2.75. The van der Waals surface area contributed by atoms with Crippen LogP contribution in [-0.4, -0.2) is 47.3 Å². The number of carbonyl (C=O) groups excluding carboxylic acids is 1. The van der Waals surface area contributed by atoms with Gasteiger partial charge in [0.1, 0.15) is 0 Å². The number of hydrogen-bond donors (Lipinski definition) is 0. The molecule has 0 bridgehead atoms. The maximum Gasteiger partial charge on any atom is 0.395 e. The molecule has 0 spiro atoms. The van der Waals surface area contributed by atoms with Gasteiger partial charge in [-0.2, -0.15) is 0 Å². The molecule has 138 valence electrons. The van der Waals surface area contributed by atoms with Gasteiger partial charge >= 0.3 is 6.09 Å². The second-order valence-corrected chi connectivity index (χ2v) is 16.2. The predicted molar refractivity (Wildman–Crippen MR) is 104 cm³/mol. The molecule has 0 radical (unpaired) electrons. The Kier molecular flexibility index (Phi) is 10.4. The zero-order valence-electron chi connectivity index (χ0n) is 16.7. The van der Waals surface area contributed by atoms with E-state index >= 15 is 0 Å². The second-order valence-electron chi connectivity index (χ2n) is 7.23.